The standard InChI is InChI=1S/C17H25BN2O4/c1-12-11-20(6-7-22-12)15(21)13-8-14(10-19-9-13)18-23-16(2,3)17(4,5)24-18/h8-10,12H,6-7,11H2,1-5H3. The molecule has 1 amide bonds. The van der Waals surface area contributed by atoms with E-state index in [9.17, 15) is 4.79 Å². The van der Waals surface area contributed by atoms with Crippen molar-refractivity contribution < 1.29 is 18.8 Å². The van der Waals surface area contributed by atoms with E-state index in [1.165, 1.54) is 0 Å². The lowest BCUT2D eigenvalue weighted by Gasteiger charge is -2.32. The van der Waals surface area contributed by atoms with Crippen molar-refractivity contribution in [3.8, 4) is 0 Å². The fourth-order valence-corrected chi connectivity index (χ4v) is 2.87. The van der Waals surface area contributed by atoms with Crippen LogP contribution in [0.3, 0.4) is 0 Å². The molecule has 6 nitrogen and oxygen atoms in total. The van der Waals surface area contributed by atoms with Crippen LogP contribution in [-0.2, 0) is 14.0 Å². The van der Waals surface area contributed by atoms with Crippen molar-refractivity contribution in [2.24, 2.45) is 0 Å². The Labute approximate surface area is 143 Å². The van der Waals surface area contributed by atoms with E-state index < -0.39 is 18.3 Å². The maximum absolute atomic E-state index is 12.7. The summed E-state index contributed by atoms with van der Waals surface area (Å²) >= 11 is 0. The number of morpholine rings is 1. The lowest BCUT2D eigenvalue weighted by Crippen LogP contribution is -2.45. The van der Waals surface area contributed by atoms with Crippen LogP contribution in [0.15, 0.2) is 18.5 Å². The van der Waals surface area contributed by atoms with Gasteiger partial charge in [-0.25, -0.2) is 0 Å². The van der Waals surface area contributed by atoms with Gasteiger partial charge in [0.1, 0.15) is 0 Å². The topological polar surface area (TPSA) is 60.9 Å². The first kappa shape index (κ1) is 17.4. The van der Waals surface area contributed by atoms with E-state index in [0.29, 0.717) is 25.3 Å². The van der Waals surface area contributed by atoms with E-state index in [4.69, 9.17) is 14.0 Å². The molecule has 7 heteroatoms. The molecule has 2 aliphatic rings. The van der Waals surface area contributed by atoms with E-state index in [1.54, 1.807) is 17.3 Å². The Balaban J connectivity index is 1.79. The summed E-state index contributed by atoms with van der Waals surface area (Å²) in [6.07, 6.45) is 3.35. The van der Waals surface area contributed by atoms with Crippen molar-refractivity contribution in [2.45, 2.75) is 51.9 Å². The molecule has 3 rings (SSSR count). The molecule has 0 N–H and O–H groups in total. The molecule has 1 aromatic rings. The predicted molar refractivity (Wildman–Crippen MR) is 91.3 cm³/mol. The quantitative estimate of drug-likeness (QED) is 0.763. The molecule has 0 spiro atoms. The number of carbonyl (C=O) groups excluding carboxylic acids is 1. The van der Waals surface area contributed by atoms with Gasteiger partial charge < -0.3 is 18.9 Å². The largest absolute Gasteiger partial charge is 0.496 e. The van der Waals surface area contributed by atoms with Crippen LogP contribution in [0, 0.1) is 0 Å². The molecule has 0 radical (unpaired) electrons. The number of ether oxygens (including phenoxy) is 1. The number of pyridine rings is 1. The van der Waals surface area contributed by atoms with Gasteiger partial charge in [0.05, 0.1) is 29.5 Å². The monoisotopic (exact) mass is 332 g/mol. The smallest absolute Gasteiger partial charge is 0.399 e. The average molecular weight is 332 g/mol. The van der Waals surface area contributed by atoms with E-state index in [1.807, 2.05) is 40.7 Å². The Morgan fingerprint density at radius 1 is 1.25 bits per heavy atom. The molecule has 130 valence electrons. The number of hydrogen-bond acceptors (Lipinski definition) is 5. The summed E-state index contributed by atoms with van der Waals surface area (Å²) in [6.45, 7) is 11.8. The van der Waals surface area contributed by atoms with E-state index in [-0.39, 0.29) is 12.0 Å². The van der Waals surface area contributed by atoms with Gasteiger partial charge in [-0.2, -0.15) is 0 Å². The summed E-state index contributed by atoms with van der Waals surface area (Å²) in [7, 11) is -0.515. The molecule has 0 saturated carbocycles. The summed E-state index contributed by atoms with van der Waals surface area (Å²) in [6, 6.07) is 1.82. The SMILES string of the molecule is CC1CN(C(=O)c2cncc(B3OC(C)(C)C(C)(C)O3)c2)CCO1. The zero-order chi connectivity index (χ0) is 17.5. The number of aromatic nitrogens is 1. The second kappa shape index (κ2) is 6.13. The fraction of sp³-hybridized carbons (Fsp3) is 0.647. The highest BCUT2D eigenvalue weighted by molar-refractivity contribution is 6.62. The normalized spacial score (nSPS) is 25.8. The van der Waals surface area contributed by atoms with Crippen LogP contribution in [-0.4, -0.2) is 59.9 Å². The highest BCUT2D eigenvalue weighted by Gasteiger charge is 2.51. The molecule has 0 aromatic carbocycles. The predicted octanol–water partition coefficient (Wildman–Crippen LogP) is 1.24. The summed E-state index contributed by atoms with van der Waals surface area (Å²) in [5, 5.41) is 0. The van der Waals surface area contributed by atoms with Crippen LogP contribution in [0.2, 0.25) is 0 Å². The minimum Gasteiger partial charge on any atom is -0.399 e. The maximum atomic E-state index is 12.7. The lowest BCUT2D eigenvalue weighted by atomic mass is 9.79. The van der Waals surface area contributed by atoms with Crippen LogP contribution >= 0.6 is 0 Å². The molecule has 0 bridgehead atoms. The zero-order valence-corrected chi connectivity index (χ0v) is 15.0. The third-order valence-electron chi connectivity index (χ3n) is 5.06. The van der Waals surface area contributed by atoms with Gasteiger partial charge in [-0.05, 0) is 40.7 Å². The van der Waals surface area contributed by atoms with Gasteiger partial charge in [0.25, 0.3) is 5.91 Å². The number of nitrogens with zero attached hydrogens (tertiary/aromatic N) is 2. The van der Waals surface area contributed by atoms with Gasteiger partial charge in [-0.1, -0.05) is 0 Å². The van der Waals surface area contributed by atoms with Crippen LogP contribution in [0.5, 0.6) is 0 Å². The third-order valence-corrected chi connectivity index (χ3v) is 5.06. The maximum Gasteiger partial charge on any atom is 0.496 e. The average Bonchev–Trinajstić information content (AvgIpc) is 2.75. The van der Waals surface area contributed by atoms with Crippen LogP contribution < -0.4 is 5.46 Å². The van der Waals surface area contributed by atoms with Crippen molar-refractivity contribution >= 4 is 18.5 Å². The molecular formula is C17H25BN2O4. The Hall–Kier alpha value is -1.44. The van der Waals surface area contributed by atoms with Gasteiger partial charge in [0.2, 0.25) is 0 Å². The highest BCUT2D eigenvalue weighted by Crippen LogP contribution is 2.36. The molecule has 3 heterocycles. The number of rotatable bonds is 2. The second-order valence-electron chi connectivity index (χ2n) is 7.53. The first-order valence-corrected chi connectivity index (χ1v) is 8.41. The molecule has 2 aliphatic heterocycles. The molecule has 0 aliphatic carbocycles. The summed E-state index contributed by atoms with van der Waals surface area (Å²) in [5.41, 5.74) is 0.478. The number of hydrogen-bond donors (Lipinski definition) is 0. The van der Waals surface area contributed by atoms with Gasteiger partial charge in [-0.3, -0.25) is 9.78 Å². The van der Waals surface area contributed by atoms with Crippen molar-refractivity contribution in [3.63, 3.8) is 0 Å². The molecule has 1 atom stereocenters. The van der Waals surface area contributed by atoms with E-state index in [2.05, 4.69) is 4.98 Å². The number of amides is 1. The van der Waals surface area contributed by atoms with Gasteiger partial charge >= 0.3 is 7.12 Å². The third kappa shape index (κ3) is 3.20. The van der Waals surface area contributed by atoms with Crippen molar-refractivity contribution in [3.05, 3.63) is 24.0 Å². The summed E-state index contributed by atoms with van der Waals surface area (Å²) in [4.78, 5) is 18.7. The highest BCUT2D eigenvalue weighted by atomic mass is 16.7. The van der Waals surface area contributed by atoms with E-state index >= 15 is 0 Å². The van der Waals surface area contributed by atoms with E-state index in [0.717, 1.165) is 5.46 Å². The first-order chi connectivity index (χ1) is 11.2. The summed E-state index contributed by atoms with van der Waals surface area (Å²) < 4.78 is 17.6. The minimum absolute atomic E-state index is 0.0315. The molecule has 2 fully saturated rings. The Morgan fingerprint density at radius 2 is 1.92 bits per heavy atom. The van der Waals surface area contributed by atoms with Crippen molar-refractivity contribution in [2.75, 3.05) is 19.7 Å². The van der Waals surface area contributed by atoms with Gasteiger partial charge in [0.15, 0.2) is 0 Å². The Bertz CT molecular complexity index is 619. The van der Waals surface area contributed by atoms with Crippen molar-refractivity contribution in [1.29, 1.82) is 0 Å². The molecular weight excluding hydrogens is 307 g/mol. The van der Waals surface area contributed by atoms with Crippen molar-refractivity contribution in [1.82, 2.24) is 9.88 Å². The fourth-order valence-electron chi connectivity index (χ4n) is 2.87. The summed E-state index contributed by atoms with van der Waals surface area (Å²) in [5.74, 6) is -0.0315. The Morgan fingerprint density at radius 3 is 2.54 bits per heavy atom. The number of carbonyl (C=O) groups is 1. The molecule has 24 heavy (non-hydrogen) atoms. The Kier molecular flexibility index (Phi) is 4.44. The minimum atomic E-state index is -0.515. The van der Waals surface area contributed by atoms with Crippen LogP contribution in [0.25, 0.3) is 0 Å². The zero-order valence-electron chi connectivity index (χ0n) is 15.0. The first-order valence-electron chi connectivity index (χ1n) is 8.41. The lowest BCUT2D eigenvalue weighted by molar-refractivity contribution is -0.0124. The molecule has 1 unspecified atom stereocenters. The van der Waals surface area contributed by atoms with Crippen LogP contribution in [0.1, 0.15) is 45.0 Å². The van der Waals surface area contributed by atoms with Gasteiger partial charge in [-0.15, -0.1) is 0 Å². The molecule has 1 aromatic heterocycles. The second-order valence-corrected chi connectivity index (χ2v) is 7.53. The molecule has 2 saturated heterocycles. The van der Waals surface area contributed by atoms with Crippen LogP contribution in [0.4, 0.5) is 0 Å². The van der Waals surface area contributed by atoms with Gasteiger partial charge in [0, 0.05) is 30.9 Å².